The monoisotopic (exact) mass is 492 g/mol. The van der Waals surface area contributed by atoms with Gasteiger partial charge in [-0.05, 0) is 77.2 Å². The molecule has 0 unspecified atom stereocenters. The van der Waals surface area contributed by atoms with E-state index < -0.39 is 29.1 Å². The van der Waals surface area contributed by atoms with Crippen LogP contribution in [0.4, 0.5) is 22.0 Å². The first kappa shape index (κ1) is 25.4. The fourth-order valence-corrected chi connectivity index (χ4v) is 4.21. The quantitative estimate of drug-likeness (QED) is 0.137. The van der Waals surface area contributed by atoms with Crippen LogP contribution in [0.3, 0.4) is 0 Å². The Morgan fingerprint density at radius 1 is 0.583 bits per heavy atom. The summed E-state index contributed by atoms with van der Waals surface area (Å²) in [5.74, 6) is 1.06. The first-order valence-electron chi connectivity index (χ1n) is 12.0. The summed E-state index contributed by atoms with van der Waals surface area (Å²) in [4.78, 5) is 0. The highest BCUT2D eigenvalue weighted by Crippen LogP contribution is 2.30. The molecule has 0 aliphatic rings. The Balaban J connectivity index is 1.54. The third kappa shape index (κ3) is 5.94. The molecule has 0 heterocycles. The number of rotatable bonds is 7. The van der Waals surface area contributed by atoms with E-state index >= 15 is 0 Å². The predicted octanol–water partition coefficient (Wildman–Crippen LogP) is 9.11. The minimum atomic E-state index is -1.04. The summed E-state index contributed by atoms with van der Waals surface area (Å²) in [6.45, 7) is 2.16. The normalized spacial score (nSPS) is 10.9. The molecule has 0 bridgehead atoms. The second-order valence-electron chi connectivity index (χ2n) is 8.87. The minimum absolute atomic E-state index is 0.0575. The lowest BCUT2D eigenvalue weighted by molar-refractivity contribution is 0.511. The summed E-state index contributed by atoms with van der Waals surface area (Å²) in [5.41, 5.74) is 0.982. The molecule has 0 aromatic heterocycles. The third-order valence-electron chi connectivity index (χ3n) is 6.15. The van der Waals surface area contributed by atoms with E-state index in [9.17, 15) is 22.0 Å². The zero-order chi connectivity index (χ0) is 25.7. The number of unbranched alkanes of at least 4 members (excludes halogenated alkanes) is 4. The van der Waals surface area contributed by atoms with Crippen LogP contribution in [0.1, 0.15) is 55.7 Å². The van der Waals surface area contributed by atoms with Gasteiger partial charge in [0, 0.05) is 5.56 Å². The highest BCUT2D eigenvalue weighted by atomic mass is 19.2. The van der Waals surface area contributed by atoms with Gasteiger partial charge in [0.25, 0.3) is 0 Å². The topological polar surface area (TPSA) is 0 Å². The van der Waals surface area contributed by atoms with Gasteiger partial charge < -0.3 is 0 Å². The molecule has 0 saturated carbocycles. The molecule has 4 aromatic rings. The fraction of sp³-hybridized carbons (Fsp3) is 0.226. The third-order valence-corrected chi connectivity index (χ3v) is 6.15. The summed E-state index contributed by atoms with van der Waals surface area (Å²) >= 11 is 0. The van der Waals surface area contributed by atoms with E-state index in [-0.39, 0.29) is 22.3 Å². The van der Waals surface area contributed by atoms with Crippen LogP contribution in [0.15, 0.2) is 60.7 Å². The van der Waals surface area contributed by atoms with Gasteiger partial charge in [0.1, 0.15) is 17.5 Å². The van der Waals surface area contributed by atoms with E-state index in [1.165, 1.54) is 43.5 Å². The van der Waals surface area contributed by atoms with E-state index in [1.54, 1.807) is 6.07 Å². The van der Waals surface area contributed by atoms with Gasteiger partial charge in [-0.25, -0.2) is 22.0 Å². The summed E-state index contributed by atoms with van der Waals surface area (Å²) in [6, 6.07) is 13.3. The Bertz CT molecular complexity index is 1440. The lowest BCUT2D eigenvalue weighted by Crippen LogP contribution is -1.94. The van der Waals surface area contributed by atoms with Crippen LogP contribution in [0.25, 0.3) is 21.9 Å². The van der Waals surface area contributed by atoms with Gasteiger partial charge in [0.05, 0.1) is 11.1 Å². The van der Waals surface area contributed by atoms with Crippen LogP contribution < -0.4 is 0 Å². The van der Waals surface area contributed by atoms with Crippen molar-refractivity contribution >= 4 is 10.8 Å². The van der Waals surface area contributed by atoms with Gasteiger partial charge in [-0.15, -0.1) is 0 Å². The van der Waals surface area contributed by atoms with Crippen LogP contribution in [0, 0.1) is 40.9 Å². The van der Waals surface area contributed by atoms with E-state index in [0.29, 0.717) is 10.8 Å². The molecule has 0 atom stereocenters. The first-order chi connectivity index (χ1) is 17.4. The summed E-state index contributed by atoms with van der Waals surface area (Å²) in [7, 11) is 0. The van der Waals surface area contributed by atoms with Crippen LogP contribution in [-0.2, 0) is 6.42 Å². The van der Waals surface area contributed by atoms with Gasteiger partial charge >= 0.3 is 0 Å². The highest BCUT2D eigenvalue weighted by molar-refractivity contribution is 5.87. The molecule has 4 aromatic carbocycles. The first-order valence-corrected chi connectivity index (χ1v) is 12.0. The Morgan fingerprint density at radius 2 is 1.28 bits per heavy atom. The molecule has 0 aliphatic heterocycles. The van der Waals surface area contributed by atoms with Crippen molar-refractivity contribution in [3.8, 4) is 23.0 Å². The van der Waals surface area contributed by atoms with Crippen molar-refractivity contribution in [1.29, 1.82) is 0 Å². The number of benzene rings is 4. The average molecular weight is 493 g/mol. The van der Waals surface area contributed by atoms with Crippen LogP contribution in [0.2, 0.25) is 0 Å². The SMILES string of the molecule is CCCCCCCc1ccc(C#Cc2cc(F)c(-c3ccc4cc(F)c(F)cc4c3)c(F)c2)c(F)c1. The molecular formula is C31H25F5. The number of hydrogen-bond acceptors (Lipinski definition) is 0. The van der Waals surface area contributed by atoms with Crippen molar-refractivity contribution in [2.45, 2.75) is 45.4 Å². The highest BCUT2D eigenvalue weighted by Gasteiger charge is 2.14. The smallest absolute Gasteiger partial charge is 0.159 e. The molecule has 184 valence electrons. The molecule has 0 saturated heterocycles. The van der Waals surface area contributed by atoms with Crippen molar-refractivity contribution in [1.82, 2.24) is 0 Å². The zero-order valence-electron chi connectivity index (χ0n) is 19.9. The van der Waals surface area contributed by atoms with Crippen molar-refractivity contribution in [3.63, 3.8) is 0 Å². The molecule has 5 heteroatoms. The van der Waals surface area contributed by atoms with Crippen LogP contribution >= 0.6 is 0 Å². The average Bonchev–Trinajstić information content (AvgIpc) is 2.84. The maximum atomic E-state index is 14.9. The largest absolute Gasteiger partial charge is 0.206 e. The number of aryl methyl sites for hydroxylation is 1. The fourth-order valence-electron chi connectivity index (χ4n) is 4.21. The van der Waals surface area contributed by atoms with E-state index in [4.69, 9.17) is 0 Å². The number of hydrogen-bond donors (Lipinski definition) is 0. The Kier molecular flexibility index (Phi) is 8.05. The van der Waals surface area contributed by atoms with Gasteiger partial charge in [-0.2, -0.15) is 0 Å². The second-order valence-corrected chi connectivity index (χ2v) is 8.87. The van der Waals surface area contributed by atoms with Crippen LogP contribution in [0.5, 0.6) is 0 Å². The summed E-state index contributed by atoms with van der Waals surface area (Å²) in [6.07, 6.45) is 6.45. The maximum Gasteiger partial charge on any atom is 0.159 e. The van der Waals surface area contributed by atoms with Gasteiger partial charge in [-0.3, -0.25) is 0 Å². The van der Waals surface area contributed by atoms with Gasteiger partial charge in [-0.1, -0.05) is 62.6 Å². The van der Waals surface area contributed by atoms with Crippen molar-refractivity contribution in [2.24, 2.45) is 0 Å². The van der Waals surface area contributed by atoms with Crippen molar-refractivity contribution < 1.29 is 22.0 Å². The van der Waals surface area contributed by atoms with Gasteiger partial charge in [0.2, 0.25) is 0 Å². The molecule has 0 amide bonds. The molecule has 0 fully saturated rings. The second kappa shape index (κ2) is 11.4. The van der Waals surface area contributed by atoms with E-state index in [1.807, 2.05) is 6.07 Å². The molecule has 4 rings (SSSR count). The molecule has 0 nitrogen and oxygen atoms in total. The molecule has 0 aliphatic carbocycles. The molecule has 0 spiro atoms. The number of fused-ring (bicyclic) bond motifs is 1. The van der Waals surface area contributed by atoms with Gasteiger partial charge in [0.15, 0.2) is 11.6 Å². The molecule has 0 radical (unpaired) electrons. The minimum Gasteiger partial charge on any atom is -0.206 e. The molecular weight excluding hydrogens is 467 g/mol. The molecule has 0 N–H and O–H groups in total. The summed E-state index contributed by atoms with van der Waals surface area (Å²) < 4.78 is 71.3. The van der Waals surface area contributed by atoms with Crippen molar-refractivity contribution in [2.75, 3.05) is 0 Å². The summed E-state index contributed by atoms with van der Waals surface area (Å²) in [5, 5.41) is 0.722. The number of halogens is 5. The Hall–Kier alpha value is -3.65. The van der Waals surface area contributed by atoms with Crippen molar-refractivity contribution in [3.05, 3.63) is 106 Å². The standard InChI is InChI=1S/C31H25F5/c1-2-3-4-5-6-7-20-8-10-22(26(32)14-20)11-9-21-15-29(35)31(30(36)16-21)24-13-12-23-18-27(33)28(34)19-25(23)17-24/h8,10,12-19H,2-7H2,1H3. The van der Waals surface area contributed by atoms with E-state index in [2.05, 4.69) is 18.8 Å². The maximum absolute atomic E-state index is 14.9. The molecule has 36 heavy (non-hydrogen) atoms. The van der Waals surface area contributed by atoms with E-state index in [0.717, 1.165) is 49.1 Å². The zero-order valence-corrected chi connectivity index (χ0v) is 19.9. The van der Waals surface area contributed by atoms with Crippen LogP contribution in [-0.4, -0.2) is 0 Å². The Morgan fingerprint density at radius 3 is 1.97 bits per heavy atom. The lowest BCUT2D eigenvalue weighted by Gasteiger charge is -2.08. The predicted molar refractivity (Wildman–Crippen MR) is 134 cm³/mol. The Labute approximate surface area is 207 Å². The lowest BCUT2D eigenvalue weighted by atomic mass is 9.99.